The molecular weight excluding hydrogens is 262 g/mol. The fraction of sp³-hybridized carbons (Fsp3) is 0.538. The molecule has 2 atom stereocenters. The minimum Gasteiger partial charge on any atom is -0.381 e. The van der Waals surface area contributed by atoms with Crippen molar-refractivity contribution in [3.8, 4) is 0 Å². The number of hydrogen-bond donors (Lipinski definition) is 2. The summed E-state index contributed by atoms with van der Waals surface area (Å²) in [6, 6.07) is 7.31. The van der Waals surface area contributed by atoms with Crippen LogP contribution in [-0.4, -0.2) is 38.9 Å². The summed E-state index contributed by atoms with van der Waals surface area (Å²) in [6.45, 7) is 0. The summed E-state index contributed by atoms with van der Waals surface area (Å²) < 4.78 is 25.1. The molecule has 0 aromatic heterocycles. The van der Waals surface area contributed by atoms with E-state index < -0.39 is 10.0 Å². The maximum absolute atomic E-state index is 11.9. The molecule has 0 aliphatic heterocycles. The van der Waals surface area contributed by atoms with E-state index in [1.165, 1.54) is 18.4 Å². The van der Waals surface area contributed by atoms with Crippen molar-refractivity contribution in [3.63, 3.8) is 0 Å². The van der Waals surface area contributed by atoms with Crippen molar-refractivity contribution in [2.75, 3.05) is 19.4 Å². The first-order valence-corrected chi connectivity index (χ1v) is 7.90. The maximum Gasteiger partial charge on any atom is 0.242 e. The van der Waals surface area contributed by atoms with E-state index >= 15 is 0 Å². The number of nitrogens with one attached hydrogen (secondary N) is 1. The van der Waals surface area contributed by atoms with Gasteiger partial charge in [0.25, 0.3) is 0 Å². The molecule has 1 saturated carbocycles. The molecule has 5 nitrogen and oxygen atoms in total. The van der Waals surface area contributed by atoms with E-state index in [0.717, 1.165) is 24.9 Å². The Hall–Kier alpha value is -1.11. The fourth-order valence-electron chi connectivity index (χ4n) is 2.32. The molecule has 0 spiro atoms. The van der Waals surface area contributed by atoms with Gasteiger partial charge in [-0.05, 0) is 43.5 Å². The van der Waals surface area contributed by atoms with Gasteiger partial charge in [0.05, 0.1) is 4.90 Å². The molecule has 1 fully saturated rings. The number of hydrogen-bond acceptors (Lipinski definition) is 4. The average Bonchev–Trinajstić information content (AvgIpc) is 2.75. The summed E-state index contributed by atoms with van der Waals surface area (Å²) in [6.07, 6.45) is 3.26. The molecule has 106 valence electrons. The predicted octanol–water partition coefficient (Wildman–Crippen LogP) is 1.23. The highest BCUT2D eigenvalue weighted by Crippen LogP contribution is 2.23. The van der Waals surface area contributed by atoms with Gasteiger partial charge in [-0.1, -0.05) is 0 Å². The topological polar surface area (TPSA) is 75.4 Å². The first-order valence-electron chi connectivity index (χ1n) is 6.46. The zero-order chi connectivity index (χ0) is 14.0. The van der Waals surface area contributed by atoms with Crippen molar-refractivity contribution in [2.45, 2.75) is 36.2 Å². The van der Waals surface area contributed by atoms with Crippen LogP contribution in [-0.2, 0) is 10.0 Å². The number of anilines is 1. The van der Waals surface area contributed by atoms with Crippen LogP contribution < -0.4 is 11.1 Å². The third-order valence-corrected chi connectivity index (χ3v) is 5.38. The monoisotopic (exact) mass is 283 g/mol. The Morgan fingerprint density at radius 2 is 1.84 bits per heavy atom. The van der Waals surface area contributed by atoms with Crippen LogP contribution in [0.4, 0.5) is 5.69 Å². The van der Waals surface area contributed by atoms with Crippen molar-refractivity contribution >= 4 is 15.7 Å². The molecule has 19 heavy (non-hydrogen) atoms. The van der Waals surface area contributed by atoms with Gasteiger partial charge in [-0.2, -0.15) is 0 Å². The standard InChI is InChI=1S/C13H21N3O2S/c1-16(2)19(17,18)11-8-6-10(7-9-11)15-13-5-3-4-12(13)14/h6-9,12-13,15H,3-5,14H2,1-2H3. The third kappa shape index (κ3) is 3.08. The highest BCUT2D eigenvalue weighted by Gasteiger charge is 2.23. The van der Waals surface area contributed by atoms with Crippen LogP contribution in [0.15, 0.2) is 29.2 Å². The second-order valence-electron chi connectivity index (χ2n) is 5.16. The minimum absolute atomic E-state index is 0.185. The highest BCUT2D eigenvalue weighted by molar-refractivity contribution is 7.89. The van der Waals surface area contributed by atoms with Crippen molar-refractivity contribution in [1.29, 1.82) is 0 Å². The molecule has 1 aliphatic carbocycles. The van der Waals surface area contributed by atoms with Crippen molar-refractivity contribution in [2.24, 2.45) is 5.73 Å². The number of nitrogens with zero attached hydrogens (tertiary/aromatic N) is 1. The lowest BCUT2D eigenvalue weighted by Crippen LogP contribution is -2.35. The molecule has 6 heteroatoms. The summed E-state index contributed by atoms with van der Waals surface area (Å²) in [5, 5.41) is 3.37. The zero-order valence-electron chi connectivity index (χ0n) is 11.3. The molecule has 0 heterocycles. The Bertz CT molecular complexity index is 525. The summed E-state index contributed by atoms with van der Waals surface area (Å²) >= 11 is 0. The molecular formula is C13H21N3O2S. The Kier molecular flexibility index (Phi) is 4.13. The van der Waals surface area contributed by atoms with Gasteiger partial charge in [0.15, 0.2) is 0 Å². The molecule has 1 aliphatic rings. The summed E-state index contributed by atoms with van der Waals surface area (Å²) in [4.78, 5) is 0.304. The van der Waals surface area contributed by atoms with Gasteiger partial charge < -0.3 is 11.1 Å². The second kappa shape index (κ2) is 5.48. The number of benzene rings is 1. The Labute approximate surface area is 114 Å². The lowest BCUT2D eigenvalue weighted by atomic mass is 10.2. The highest BCUT2D eigenvalue weighted by atomic mass is 32.2. The largest absolute Gasteiger partial charge is 0.381 e. The molecule has 0 saturated heterocycles. The van der Waals surface area contributed by atoms with E-state index in [4.69, 9.17) is 5.73 Å². The molecule has 0 radical (unpaired) electrons. The molecule has 1 aromatic carbocycles. The van der Waals surface area contributed by atoms with Crippen LogP contribution in [0.2, 0.25) is 0 Å². The smallest absolute Gasteiger partial charge is 0.242 e. The van der Waals surface area contributed by atoms with Gasteiger partial charge in [-0.25, -0.2) is 12.7 Å². The van der Waals surface area contributed by atoms with E-state index in [1.54, 1.807) is 24.3 Å². The van der Waals surface area contributed by atoms with Crippen LogP contribution >= 0.6 is 0 Å². The Morgan fingerprint density at radius 3 is 2.32 bits per heavy atom. The molecule has 0 amide bonds. The maximum atomic E-state index is 11.9. The second-order valence-corrected chi connectivity index (χ2v) is 7.31. The van der Waals surface area contributed by atoms with Gasteiger partial charge in [0.1, 0.15) is 0 Å². The van der Waals surface area contributed by atoms with Gasteiger partial charge in [-0.3, -0.25) is 0 Å². The van der Waals surface area contributed by atoms with E-state index in [2.05, 4.69) is 5.32 Å². The van der Waals surface area contributed by atoms with Gasteiger partial charge in [-0.15, -0.1) is 0 Å². The van der Waals surface area contributed by atoms with E-state index in [0.29, 0.717) is 4.90 Å². The van der Waals surface area contributed by atoms with Crippen molar-refractivity contribution in [1.82, 2.24) is 4.31 Å². The summed E-state index contributed by atoms with van der Waals surface area (Å²) in [7, 11) is -0.297. The number of rotatable bonds is 4. The lowest BCUT2D eigenvalue weighted by Gasteiger charge is -2.19. The minimum atomic E-state index is -3.35. The Balaban J connectivity index is 2.11. The van der Waals surface area contributed by atoms with Crippen molar-refractivity contribution < 1.29 is 8.42 Å². The van der Waals surface area contributed by atoms with Gasteiger partial charge >= 0.3 is 0 Å². The molecule has 1 aromatic rings. The summed E-state index contributed by atoms with van der Waals surface area (Å²) in [5.74, 6) is 0. The first-order chi connectivity index (χ1) is 8.91. The zero-order valence-corrected chi connectivity index (χ0v) is 12.2. The normalized spacial score (nSPS) is 23.8. The molecule has 2 rings (SSSR count). The number of nitrogens with two attached hydrogens (primary N) is 1. The van der Waals surface area contributed by atoms with Crippen LogP contribution in [0.1, 0.15) is 19.3 Å². The van der Waals surface area contributed by atoms with E-state index in [1.807, 2.05) is 0 Å². The predicted molar refractivity (Wildman–Crippen MR) is 76.6 cm³/mol. The fourth-order valence-corrected chi connectivity index (χ4v) is 3.22. The third-order valence-electron chi connectivity index (χ3n) is 3.55. The van der Waals surface area contributed by atoms with Gasteiger partial charge in [0.2, 0.25) is 10.0 Å². The van der Waals surface area contributed by atoms with Crippen LogP contribution in [0.3, 0.4) is 0 Å². The summed E-state index contributed by atoms with van der Waals surface area (Å²) in [5.41, 5.74) is 6.92. The SMILES string of the molecule is CN(C)S(=O)(=O)c1ccc(NC2CCCC2N)cc1. The van der Waals surface area contributed by atoms with Crippen molar-refractivity contribution in [3.05, 3.63) is 24.3 Å². The Morgan fingerprint density at radius 1 is 1.21 bits per heavy atom. The van der Waals surface area contributed by atoms with Crippen LogP contribution in [0, 0.1) is 0 Å². The molecule has 3 N–H and O–H groups in total. The number of sulfonamides is 1. The van der Waals surface area contributed by atoms with E-state index in [9.17, 15) is 8.42 Å². The first kappa shape index (κ1) is 14.3. The van der Waals surface area contributed by atoms with Crippen LogP contribution in [0.5, 0.6) is 0 Å². The quantitative estimate of drug-likeness (QED) is 0.871. The molecule has 0 bridgehead atoms. The van der Waals surface area contributed by atoms with E-state index in [-0.39, 0.29) is 12.1 Å². The average molecular weight is 283 g/mol. The lowest BCUT2D eigenvalue weighted by molar-refractivity contribution is 0.521. The van der Waals surface area contributed by atoms with Crippen LogP contribution in [0.25, 0.3) is 0 Å². The molecule has 2 unspecified atom stereocenters. The van der Waals surface area contributed by atoms with Gasteiger partial charge in [0, 0.05) is 31.9 Å².